The molecule has 1 amide bonds. The quantitative estimate of drug-likeness (QED) is 0.456. The minimum absolute atomic E-state index is 0.0261. The first-order valence-electron chi connectivity index (χ1n) is 9.84. The molecular formula is C19H29N5O5S2. The van der Waals surface area contributed by atoms with Crippen LogP contribution in [0.5, 0.6) is 0 Å². The van der Waals surface area contributed by atoms with Gasteiger partial charge in [0.2, 0.25) is 10.0 Å². The Morgan fingerprint density at radius 3 is 2.19 bits per heavy atom. The van der Waals surface area contributed by atoms with Crippen LogP contribution in [0.4, 0.5) is 11.4 Å². The lowest BCUT2D eigenvalue weighted by molar-refractivity contribution is 0.0992. The lowest BCUT2D eigenvalue weighted by atomic mass is 10.2. The highest BCUT2D eigenvalue weighted by Crippen LogP contribution is 2.30. The van der Waals surface area contributed by atoms with Crippen molar-refractivity contribution >= 4 is 37.3 Å². The summed E-state index contributed by atoms with van der Waals surface area (Å²) < 4.78 is 56.8. The zero-order valence-corrected chi connectivity index (χ0v) is 19.7. The number of hydrogen-bond acceptors (Lipinski definition) is 6. The van der Waals surface area contributed by atoms with Gasteiger partial charge in [0.05, 0.1) is 16.3 Å². The maximum Gasteiger partial charge on any atom is 0.265 e. The van der Waals surface area contributed by atoms with E-state index in [2.05, 4.69) is 10.0 Å². The summed E-state index contributed by atoms with van der Waals surface area (Å²) in [5.74, 6) is -0.762. The molecule has 0 atom stereocenters. The number of rotatable bonds is 11. The van der Waals surface area contributed by atoms with Gasteiger partial charge >= 0.3 is 0 Å². The summed E-state index contributed by atoms with van der Waals surface area (Å²) in [6, 6.07) is 5.43. The van der Waals surface area contributed by atoms with Gasteiger partial charge in [0.15, 0.2) is 0 Å². The number of nitrogens with two attached hydrogens (primary N) is 1. The van der Waals surface area contributed by atoms with E-state index in [-0.39, 0.29) is 34.3 Å². The number of amides is 1. The molecule has 0 fully saturated rings. The summed E-state index contributed by atoms with van der Waals surface area (Å²) in [4.78, 5) is 11.3. The van der Waals surface area contributed by atoms with Gasteiger partial charge in [-0.25, -0.2) is 16.8 Å². The first-order valence-corrected chi connectivity index (χ1v) is 12.8. The topological polar surface area (TPSA) is 144 Å². The molecular weight excluding hydrogens is 442 g/mol. The Hall–Kier alpha value is -2.57. The number of sulfonamides is 2. The molecule has 0 aliphatic heterocycles. The minimum Gasteiger partial charge on any atom is -0.383 e. The molecule has 172 valence electrons. The number of aromatic nitrogens is 1. The van der Waals surface area contributed by atoms with E-state index >= 15 is 0 Å². The number of carbonyl (C=O) groups is 1. The van der Waals surface area contributed by atoms with Crippen LogP contribution in [-0.4, -0.2) is 51.2 Å². The van der Waals surface area contributed by atoms with Crippen molar-refractivity contribution in [3.63, 3.8) is 0 Å². The predicted molar refractivity (Wildman–Crippen MR) is 120 cm³/mol. The predicted octanol–water partition coefficient (Wildman–Crippen LogP) is 1.78. The molecule has 1 aromatic heterocycles. The van der Waals surface area contributed by atoms with Crippen molar-refractivity contribution in [3.05, 3.63) is 36.2 Å². The monoisotopic (exact) mass is 471 g/mol. The molecule has 0 radical (unpaired) electrons. The maximum absolute atomic E-state index is 13.0. The van der Waals surface area contributed by atoms with Crippen LogP contribution in [-0.2, 0) is 27.1 Å². The lowest BCUT2D eigenvalue weighted by Crippen LogP contribution is -2.30. The zero-order chi connectivity index (χ0) is 23.4. The number of carbonyl (C=O) groups excluding carboxylic acids is 1. The molecule has 1 heterocycles. The fourth-order valence-corrected chi connectivity index (χ4v) is 5.65. The van der Waals surface area contributed by atoms with E-state index in [0.29, 0.717) is 12.2 Å². The van der Waals surface area contributed by atoms with Crippen LogP contribution in [0.3, 0.4) is 0 Å². The summed E-state index contributed by atoms with van der Waals surface area (Å²) in [6.45, 7) is 6.55. The van der Waals surface area contributed by atoms with Gasteiger partial charge in [0.1, 0.15) is 10.6 Å². The molecule has 0 aliphatic rings. The van der Waals surface area contributed by atoms with Gasteiger partial charge in [-0.1, -0.05) is 20.8 Å². The van der Waals surface area contributed by atoms with E-state index in [1.165, 1.54) is 46.4 Å². The number of primary amides is 1. The summed E-state index contributed by atoms with van der Waals surface area (Å²) in [6.07, 6.45) is 2.05. The Balaban J connectivity index is 2.54. The molecule has 1 aromatic carbocycles. The van der Waals surface area contributed by atoms with E-state index in [0.717, 1.165) is 6.42 Å². The van der Waals surface area contributed by atoms with E-state index in [1.54, 1.807) is 13.8 Å². The fraction of sp³-hybridized carbons (Fsp3) is 0.421. The van der Waals surface area contributed by atoms with Crippen LogP contribution < -0.4 is 15.8 Å². The standard InChI is InChI=1S/C19H29N5O5S2/c1-5-10-21-16-9-8-14(31(28,29)24(6-2)7-3)11-17(16)22-30(26,27)15-12-18(19(20)25)23(4)13-15/h8-9,11-13,21-22H,5-7,10H2,1-4H3,(H2,20,25). The summed E-state index contributed by atoms with van der Waals surface area (Å²) in [5.41, 5.74) is 5.83. The number of aryl methyl sites for hydroxylation is 1. The Kier molecular flexibility index (Phi) is 7.73. The Labute approximate surface area is 183 Å². The van der Waals surface area contributed by atoms with Gasteiger partial charge in [-0.2, -0.15) is 4.31 Å². The molecule has 0 saturated carbocycles. The zero-order valence-electron chi connectivity index (χ0n) is 18.0. The van der Waals surface area contributed by atoms with Crippen LogP contribution in [0.2, 0.25) is 0 Å². The number of hydrogen-bond donors (Lipinski definition) is 3. The van der Waals surface area contributed by atoms with E-state index in [9.17, 15) is 21.6 Å². The first-order chi connectivity index (χ1) is 14.5. The molecule has 0 saturated heterocycles. The average molecular weight is 472 g/mol. The molecule has 10 nitrogen and oxygen atoms in total. The fourth-order valence-electron chi connectivity index (χ4n) is 3.02. The van der Waals surface area contributed by atoms with Crippen molar-refractivity contribution in [2.45, 2.75) is 37.0 Å². The molecule has 31 heavy (non-hydrogen) atoms. The molecule has 4 N–H and O–H groups in total. The summed E-state index contributed by atoms with van der Waals surface area (Å²) in [7, 11) is -6.40. The molecule has 0 unspecified atom stereocenters. The van der Waals surface area contributed by atoms with Crippen LogP contribution in [0.15, 0.2) is 40.3 Å². The third-order valence-electron chi connectivity index (χ3n) is 4.69. The van der Waals surface area contributed by atoms with Crippen molar-refractivity contribution in [1.29, 1.82) is 0 Å². The summed E-state index contributed by atoms with van der Waals surface area (Å²) >= 11 is 0. The van der Waals surface area contributed by atoms with Crippen molar-refractivity contribution in [2.75, 3.05) is 29.7 Å². The third kappa shape index (κ3) is 5.38. The Morgan fingerprint density at radius 1 is 1.03 bits per heavy atom. The maximum atomic E-state index is 13.0. The molecule has 0 spiro atoms. The van der Waals surface area contributed by atoms with Gasteiger partial charge in [-0.15, -0.1) is 0 Å². The second-order valence-electron chi connectivity index (χ2n) is 6.87. The normalized spacial score (nSPS) is 12.2. The molecule has 0 bridgehead atoms. The van der Waals surface area contributed by atoms with Gasteiger partial charge in [-0.3, -0.25) is 9.52 Å². The van der Waals surface area contributed by atoms with E-state index in [1.807, 2.05) is 6.92 Å². The van der Waals surface area contributed by atoms with Crippen molar-refractivity contribution in [2.24, 2.45) is 12.8 Å². The summed E-state index contributed by atoms with van der Waals surface area (Å²) in [5, 5.41) is 3.09. The highest BCUT2D eigenvalue weighted by molar-refractivity contribution is 7.92. The molecule has 2 aromatic rings. The number of anilines is 2. The second-order valence-corrected chi connectivity index (χ2v) is 10.5. The van der Waals surface area contributed by atoms with Crippen LogP contribution in [0, 0.1) is 0 Å². The minimum atomic E-state index is -4.12. The van der Waals surface area contributed by atoms with Crippen molar-refractivity contribution in [1.82, 2.24) is 8.87 Å². The van der Waals surface area contributed by atoms with Crippen molar-refractivity contribution in [3.8, 4) is 0 Å². The van der Waals surface area contributed by atoms with Gasteiger partial charge in [0, 0.05) is 32.9 Å². The molecule has 12 heteroatoms. The lowest BCUT2D eigenvalue weighted by Gasteiger charge is -2.20. The Bertz CT molecular complexity index is 1150. The smallest absolute Gasteiger partial charge is 0.265 e. The molecule has 0 aliphatic carbocycles. The Morgan fingerprint density at radius 2 is 1.68 bits per heavy atom. The van der Waals surface area contributed by atoms with Gasteiger partial charge < -0.3 is 15.6 Å². The highest BCUT2D eigenvalue weighted by atomic mass is 32.2. The van der Waals surface area contributed by atoms with E-state index < -0.39 is 26.0 Å². The number of nitrogens with zero attached hydrogens (tertiary/aromatic N) is 2. The first kappa shape index (κ1) is 24.7. The third-order valence-corrected chi connectivity index (χ3v) is 8.06. The SMILES string of the molecule is CCCNc1ccc(S(=O)(=O)N(CC)CC)cc1NS(=O)(=O)c1cc(C(N)=O)n(C)c1. The molecule has 2 rings (SSSR count). The van der Waals surface area contributed by atoms with Crippen LogP contribution in [0.25, 0.3) is 0 Å². The number of nitrogens with one attached hydrogen (secondary N) is 2. The largest absolute Gasteiger partial charge is 0.383 e. The van der Waals surface area contributed by atoms with E-state index in [4.69, 9.17) is 5.73 Å². The van der Waals surface area contributed by atoms with Crippen molar-refractivity contribution < 1.29 is 21.6 Å². The van der Waals surface area contributed by atoms with Gasteiger partial charge in [0.25, 0.3) is 15.9 Å². The second kappa shape index (κ2) is 9.71. The van der Waals surface area contributed by atoms with Crippen LogP contribution >= 0.6 is 0 Å². The number of benzene rings is 1. The highest BCUT2D eigenvalue weighted by Gasteiger charge is 2.25. The average Bonchev–Trinajstić information content (AvgIpc) is 3.10. The van der Waals surface area contributed by atoms with Crippen LogP contribution in [0.1, 0.15) is 37.7 Å². The van der Waals surface area contributed by atoms with Gasteiger partial charge in [-0.05, 0) is 30.7 Å².